The Bertz CT molecular complexity index is 185. The second kappa shape index (κ2) is 4.72. The molecular weight excluding hydrogens is 162 g/mol. The maximum absolute atomic E-state index is 11.1. The lowest BCUT2D eigenvalue weighted by molar-refractivity contribution is 0.573. The number of hydrogen-bond acceptors (Lipinski definition) is 3. The predicted octanol–water partition coefficient (Wildman–Crippen LogP) is 0.406. The molecule has 0 heterocycles. The minimum Gasteiger partial charge on any atom is -0.329 e. The molecule has 3 nitrogen and oxygen atoms in total. The second-order valence-electron chi connectivity index (χ2n) is 3.12. The van der Waals surface area contributed by atoms with Gasteiger partial charge in [-0.15, -0.1) is 0 Å². The van der Waals surface area contributed by atoms with Crippen molar-refractivity contribution in [2.45, 2.75) is 20.3 Å². The van der Waals surface area contributed by atoms with E-state index in [1.165, 1.54) is 0 Å². The molecule has 0 fully saturated rings. The first-order valence-corrected chi connectivity index (χ1v) is 5.70. The number of sulfone groups is 1. The zero-order valence-electron chi connectivity index (χ0n) is 7.21. The summed E-state index contributed by atoms with van der Waals surface area (Å²) < 4.78 is 22.1. The van der Waals surface area contributed by atoms with Crippen LogP contribution >= 0.6 is 0 Å². The molecule has 0 bridgehead atoms. The summed E-state index contributed by atoms with van der Waals surface area (Å²) in [5, 5.41) is 0. The highest BCUT2D eigenvalue weighted by molar-refractivity contribution is 7.91. The van der Waals surface area contributed by atoms with Gasteiger partial charge in [0.2, 0.25) is 0 Å². The van der Waals surface area contributed by atoms with E-state index < -0.39 is 9.84 Å². The van der Waals surface area contributed by atoms with Gasteiger partial charge in [0.1, 0.15) is 0 Å². The molecule has 0 aromatic carbocycles. The van der Waals surface area contributed by atoms with Crippen molar-refractivity contribution in [1.82, 2.24) is 0 Å². The third-order valence-electron chi connectivity index (χ3n) is 1.44. The molecule has 0 saturated heterocycles. The van der Waals surface area contributed by atoms with Crippen LogP contribution in [0.25, 0.3) is 0 Å². The van der Waals surface area contributed by atoms with Crippen molar-refractivity contribution in [3.63, 3.8) is 0 Å². The van der Waals surface area contributed by atoms with Crippen LogP contribution in [0.3, 0.4) is 0 Å². The minimum atomic E-state index is -2.85. The first-order chi connectivity index (χ1) is 4.98. The van der Waals surface area contributed by atoms with Crippen LogP contribution in [0.2, 0.25) is 0 Å². The SMILES string of the molecule is CC(C)CCS(=O)(=O)CCN. The molecule has 0 aliphatic heterocycles. The summed E-state index contributed by atoms with van der Waals surface area (Å²) in [4.78, 5) is 0. The average molecular weight is 179 g/mol. The first-order valence-electron chi connectivity index (χ1n) is 3.88. The van der Waals surface area contributed by atoms with Crippen molar-refractivity contribution in [1.29, 1.82) is 0 Å². The third kappa shape index (κ3) is 6.31. The van der Waals surface area contributed by atoms with Gasteiger partial charge >= 0.3 is 0 Å². The summed E-state index contributed by atoms with van der Waals surface area (Å²) in [6.07, 6.45) is 0.738. The Hall–Kier alpha value is -0.0900. The number of rotatable bonds is 5. The summed E-state index contributed by atoms with van der Waals surface area (Å²) in [7, 11) is -2.85. The van der Waals surface area contributed by atoms with E-state index in [-0.39, 0.29) is 18.1 Å². The van der Waals surface area contributed by atoms with E-state index in [0.717, 1.165) is 6.42 Å². The van der Waals surface area contributed by atoms with Gasteiger partial charge in [-0.25, -0.2) is 8.42 Å². The largest absolute Gasteiger partial charge is 0.329 e. The monoisotopic (exact) mass is 179 g/mol. The Balaban J connectivity index is 3.74. The highest BCUT2D eigenvalue weighted by Crippen LogP contribution is 2.02. The Morgan fingerprint density at radius 2 is 1.82 bits per heavy atom. The number of hydrogen-bond donors (Lipinski definition) is 1. The van der Waals surface area contributed by atoms with Gasteiger partial charge in [-0.3, -0.25) is 0 Å². The Morgan fingerprint density at radius 1 is 1.27 bits per heavy atom. The molecule has 0 aliphatic rings. The van der Waals surface area contributed by atoms with Gasteiger partial charge in [-0.1, -0.05) is 13.8 Å². The molecule has 0 aromatic rings. The lowest BCUT2D eigenvalue weighted by Gasteiger charge is -2.04. The van der Waals surface area contributed by atoms with Crippen molar-refractivity contribution in [3.05, 3.63) is 0 Å². The molecule has 4 heteroatoms. The van der Waals surface area contributed by atoms with E-state index in [4.69, 9.17) is 5.73 Å². The quantitative estimate of drug-likeness (QED) is 0.665. The Labute approximate surface area is 68.9 Å². The van der Waals surface area contributed by atoms with E-state index in [9.17, 15) is 8.42 Å². The molecule has 0 spiro atoms. The van der Waals surface area contributed by atoms with Gasteiger partial charge in [0.15, 0.2) is 9.84 Å². The van der Waals surface area contributed by atoms with Gasteiger partial charge in [0.05, 0.1) is 11.5 Å². The molecule has 0 unspecified atom stereocenters. The topological polar surface area (TPSA) is 60.2 Å². The fourth-order valence-corrected chi connectivity index (χ4v) is 2.09. The summed E-state index contributed by atoms with van der Waals surface area (Å²) >= 11 is 0. The fraction of sp³-hybridized carbons (Fsp3) is 1.00. The second-order valence-corrected chi connectivity index (χ2v) is 5.43. The first kappa shape index (κ1) is 10.9. The molecular formula is C7H17NO2S. The van der Waals surface area contributed by atoms with Crippen LogP contribution in [0, 0.1) is 5.92 Å². The predicted molar refractivity (Wildman–Crippen MR) is 47.2 cm³/mol. The van der Waals surface area contributed by atoms with E-state index >= 15 is 0 Å². The van der Waals surface area contributed by atoms with Crippen molar-refractivity contribution >= 4 is 9.84 Å². The van der Waals surface area contributed by atoms with E-state index in [2.05, 4.69) is 0 Å². The molecule has 0 amide bonds. The summed E-state index contributed by atoms with van der Waals surface area (Å²) in [6, 6.07) is 0. The molecule has 0 radical (unpaired) electrons. The summed E-state index contributed by atoms with van der Waals surface area (Å²) in [5.41, 5.74) is 5.14. The zero-order valence-corrected chi connectivity index (χ0v) is 8.02. The minimum absolute atomic E-state index is 0.125. The molecule has 0 aromatic heterocycles. The van der Waals surface area contributed by atoms with Crippen LogP contribution in [-0.2, 0) is 9.84 Å². The normalized spacial score (nSPS) is 12.4. The van der Waals surface area contributed by atoms with Gasteiger partial charge in [0.25, 0.3) is 0 Å². The lowest BCUT2D eigenvalue weighted by Crippen LogP contribution is -2.19. The average Bonchev–Trinajstić information content (AvgIpc) is 1.84. The van der Waals surface area contributed by atoms with Crippen LogP contribution < -0.4 is 5.73 Å². The van der Waals surface area contributed by atoms with Crippen molar-refractivity contribution in [3.8, 4) is 0 Å². The van der Waals surface area contributed by atoms with Gasteiger partial charge in [-0.05, 0) is 12.3 Å². The van der Waals surface area contributed by atoms with E-state index in [0.29, 0.717) is 5.92 Å². The number of nitrogens with two attached hydrogens (primary N) is 1. The summed E-state index contributed by atoms with van der Waals surface area (Å²) in [5.74, 6) is 0.851. The van der Waals surface area contributed by atoms with Crippen LogP contribution in [0.5, 0.6) is 0 Å². The molecule has 0 aliphatic carbocycles. The standard InChI is InChI=1S/C7H17NO2S/c1-7(2)3-5-11(9,10)6-4-8/h7H,3-6,8H2,1-2H3. The Morgan fingerprint density at radius 3 is 2.18 bits per heavy atom. The zero-order chi connectivity index (χ0) is 8.91. The van der Waals surface area contributed by atoms with Gasteiger partial charge in [0, 0.05) is 6.54 Å². The highest BCUT2D eigenvalue weighted by Gasteiger charge is 2.09. The molecule has 0 saturated carbocycles. The van der Waals surface area contributed by atoms with Crippen LogP contribution in [-0.4, -0.2) is 26.5 Å². The van der Waals surface area contributed by atoms with Crippen LogP contribution in [0.15, 0.2) is 0 Å². The maximum atomic E-state index is 11.1. The van der Waals surface area contributed by atoms with E-state index in [1.807, 2.05) is 13.8 Å². The Kier molecular flexibility index (Phi) is 4.68. The molecule has 0 rings (SSSR count). The van der Waals surface area contributed by atoms with Crippen molar-refractivity contribution in [2.24, 2.45) is 11.7 Å². The smallest absolute Gasteiger partial charge is 0.151 e. The summed E-state index contributed by atoms with van der Waals surface area (Å²) in [6.45, 7) is 4.26. The van der Waals surface area contributed by atoms with Crippen molar-refractivity contribution < 1.29 is 8.42 Å². The van der Waals surface area contributed by atoms with E-state index in [1.54, 1.807) is 0 Å². The third-order valence-corrected chi connectivity index (χ3v) is 3.15. The highest BCUT2D eigenvalue weighted by atomic mass is 32.2. The molecule has 2 N–H and O–H groups in total. The molecule has 68 valence electrons. The van der Waals surface area contributed by atoms with Crippen molar-refractivity contribution in [2.75, 3.05) is 18.1 Å². The molecule has 0 atom stereocenters. The molecule has 11 heavy (non-hydrogen) atoms. The van der Waals surface area contributed by atoms with Gasteiger partial charge < -0.3 is 5.73 Å². The van der Waals surface area contributed by atoms with Gasteiger partial charge in [-0.2, -0.15) is 0 Å². The fourth-order valence-electron chi connectivity index (χ4n) is 0.697. The van der Waals surface area contributed by atoms with Crippen LogP contribution in [0.4, 0.5) is 0 Å². The maximum Gasteiger partial charge on any atom is 0.151 e. The lowest BCUT2D eigenvalue weighted by atomic mass is 10.2. The van der Waals surface area contributed by atoms with Crippen LogP contribution in [0.1, 0.15) is 20.3 Å².